The van der Waals surface area contributed by atoms with E-state index in [0.717, 1.165) is 19.5 Å². The van der Waals surface area contributed by atoms with Crippen molar-refractivity contribution in [3.8, 4) is 0 Å². The van der Waals surface area contributed by atoms with E-state index < -0.39 is 10.0 Å². The first-order valence-electron chi connectivity index (χ1n) is 6.01. The van der Waals surface area contributed by atoms with Crippen LogP contribution in [0.4, 0.5) is 5.95 Å². The normalized spacial score (nSPS) is 19.1. The molecule has 2 heterocycles. The van der Waals surface area contributed by atoms with Gasteiger partial charge in [-0.15, -0.1) is 0 Å². The summed E-state index contributed by atoms with van der Waals surface area (Å²) in [6.07, 6.45) is 3.36. The standard InChI is InChI=1S/C10H18N6O2S/c1-15-3-2-4-16(6-5-15)19(17,18)9-7-12-10(14-11)13-8-9/h7-8H,2-6,11H2,1H3,(H,12,13,14). The van der Waals surface area contributed by atoms with Gasteiger partial charge in [0.15, 0.2) is 0 Å². The highest BCUT2D eigenvalue weighted by atomic mass is 32.2. The van der Waals surface area contributed by atoms with Gasteiger partial charge < -0.3 is 4.90 Å². The third-order valence-corrected chi connectivity index (χ3v) is 4.93. The second-order valence-corrected chi connectivity index (χ2v) is 6.39. The molecule has 0 spiro atoms. The second-order valence-electron chi connectivity index (χ2n) is 4.45. The van der Waals surface area contributed by atoms with Gasteiger partial charge in [0.1, 0.15) is 4.90 Å². The first kappa shape index (κ1) is 14.1. The van der Waals surface area contributed by atoms with Gasteiger partial charge in [-0.1, -0.05) is 0 Å². The molecule has 2 rings (SSSR count). The molecule has 106 valence electrons. The molecule has 0 aliphatic carbocycles. The third kappa shape index (κ3) is 3.18. The number of rotatable bonds is 3. The summed E-state index contributed by atoms with van der Waals surface area (Å²) in [5, 5.41) is 0. The summed E-state index contributed by atoms with van der Waals surface area (Å²) in [7, 11) is -1.53. The third-order valence-electron chi connectivity index (χ3n) is 3.07. The molecule has 0 amide bonds. The maximum absolute atomic E-state index is 12.4. The number of nitrogens with one attached hydrogen (secondary N) is 1. The molecule has 1 aliphatic heterocycles. The van der Waals surface area contributed by atoms with Crippen molar-refractivity contribution >= 4 is 16.0 Å². The Morgan fingerprint density at radius 1 is 1.21 bits per heavy atom. The van der Waals surface area contributed by atoms with E-state index in [1.54, 1.807) is 0 Å². The number of sulfonamides is 1. The van der Waals surface area contributed by atoms with E-state index in [2.05, 4.69) is 20.3 Å². The van der Waals surface area contributed by atoms with E-state index >= 15 is 0 Å². The zero-order valence-electron chi connectivity index (χ0n) is 10.8. The van der Waals surface area contributed by atoms with E-state index in [0.29, 0.717) is 13.1 Å². The molecule has 1 saturated heterocycles. The van der Waals surface area contributed by atoms with E-state index in [1.165, 1.54) is 16.7 Å². The first-order valence-corrected chi connectivity index (χ1v) is 7.45. The number of nitrogen functional groups attached to an aromatic ring is 1. The lowest BCUT2D eigenvalue weighted by molar-refractivity contribution is 0.347. The minimum atomic E-state index is -3.52. The Balaban J connectivity index is 2.20. The number of aromatic nitrogens is 2. The van der Waals surface area contributed by atoms with Crippen molar-refractivity contribution in [3.63, 3.8) is 0 Å². The largest absolute Gasteiger partial charge is 0.305 e. The Labute approximate surface area is 112 Å². The summed E-state index contributed by atoms with van der Waals surface area (Å²) in [5.41, 5.74) is 2.26. The Morgan fingerprint density at radius 3 is 2.53 bits per heavy atom. The van der Waals surface area contributed by atoms with Crippen LogP contribution in [0.1, 0.15) is 6.42 Å². The van der Waals surface area contributed by atoms with Gasteiger partial charge in [0.2, 0.25) is 16.0 Å². The quantitative estimate of drug-likeness (QED) is 0.547. The van der Waals surface area contributed by atoms with Crippen molar-refractivity contribution in [2.45, 2.75) is 11.3 Å². The van der Waals surface area contributed by atoms with E-state index in [4.69, 9.17) is 5.84 Å². The van der Waals surface area contributed by atoms with E-state index in [-0.39, 0.29) is 10.8 Å². The van der Waals surface area contributed by atoms with Crippen molar-refractivity contribution < 1.29 is 8.42 Å². The fraction of sp³-hybridized carbons (Fsp3) is 0.600. The van der Waals surface area contributed by atoms with Gasteiger partial charge in [0, 0.05) is 19.6 Å². The molecule has 1 fully saturated rings. The molecule has 0 atom stereocenters. The molecule has 1 aliphatic rings. The average molecular weight is 286 g/mol. The molecular weight excluding hydrogens is 268 g/mol. The van der Waals surface area contributed by atoms with Crippen molar-refractivity contribution in [2.75, 3.05) is 38.7 Å². The summed E-state index contributed by atoms with van der Waals surface area (Å²) in [5.74, 6) is 5.34. The zero-order chi connectivity index (χ0) is 13.9. The van der Waals surface area contributed by atoms with Crippen LogP contribution in [0.5, 0.6) is 0 Å². The summed E-state index contributed by atoms with van der Waals surface area (Å²) < 4.78 is 26.3. The topological polar surface area (TPSA) is 104 Å². The summed E-state index contributed by atoms with van der Waals surface area (Å²) >= 11 is 0. The molecular formula is C10H18N6O2S. The molecule has 1 aromatic rings. The van der Waals surface area contributed by atoms with Crippen LogP contribution < -0.4 is 11.3 Å². The number of hydrogen-bond acceptors (Lipinski definition) is 7. The van der Waals surface area contributed by atoms with E-state index in [9.17, 15) is 8.42 Å². The SMILES string of the molecule is CN1CCCN(S(=O)(=O)c2cnc(NN)nc2)CC1. The van der Waals surface area contributed by atoms with E-state index in [1.807, 2.05) is 7.05 Å². The lowest BCUT2D eigenvalue weighted by Gasteiger charge is -2.19. The molecule has 19 heavy (non-hydrogen) atoms. The van der Waals surface area contributed by atoms with Crippen LogP contribution in [-0.4, -0.2) is 60.8 Å². The lowest BCUT2D eigenvalue weighted by Crippen LogP contribution is -2.34. The van der Waals surface area contributed by atoms with Crippen LogP contribution in [-0.2, 0) is 10.0 Å². The van der Waals surface area contributed by atoms with Gasteiger partial charge in [0.05, 0.1) is 12.4 Å². The molecule has 9 heteroatoms. The Morgan fingerprint density at radius 2 is 1.89 bits per heavy atom. The van der Waals surface area contributed by atoms with Gasteiger partial charge >= 0.3 is 0 Å². The molecule has 0 radical (unpaired) electrons. The first-order chi connectivity index (χ1) is 9.04. The minimum Gasteiger partial charge on any atom is -0.305 e. The van der Waals surface area contributed by atoms with Crippen LogP contribution in [0, 0.1) is 0 Å². The van der Waals surface area contributed by atoms with Crippen LogP contribution in [0.25, 0.3) is 0 Å². The number of hydrazine groups is 1. The average Bonchev–Trinajstić information content (AvgIpc) is 2.64. The number of anilines is 1. The highest BCUT2D eigenvalue weighted by Crippen LogP contribution is 2.16. The smallest absolute Gasteiger partial charge is 0.246 e. The van der Waals surface area contributed by atoms with Crippen molar-refractivity contribution in [1.82, 2.24) is 19.2 Å². The summed E-state index contributed by atoms with van der Waals surface area (Å²) in [6.45, 7) is 2.63. The van der Waals surface area contributed by atoms with Crippen LogP contribution in [0.3, 0.4) is 0 Å². The molecule has 3 N–H and O–H groups in total. The monoisotopic (exact) mass is 286 g/mol. The Kier molecular flexibility index (Phi) is 4.30. The maximum Gasteiger partial charge on any atom is 0.246 e. The predicted molar refractivity (Wildman–Crippen MR) is 70.7 cm³/mol. The number of nitrogens with zero attached hydrogens (tertiary/aromatic N) is 4. The van der Waals surface area contributed by atoms with Gasteiger partial charge in [0.25, 0.3) is 0 Å². The number of likely N-dealkylation sites (N-methyl/N-ethyl adjacent to an activating group) is 1. The van der Waals surface area contributed by atoms with Gasteiger partial charge in [-0.2, -0.15) is 4.31 Å². The van der Waals surface area contributed by atoms with Gasteiger partial charge in [-0.05, 0) is 20.0 Å². The van der Waals surface area contributed by atoms with Crippen LogP contribution in [0.15, 0.2) is 17.3 Å². The highest BCUT2D eigenvalue weighted by molar-refractivity contribution is 7.89. The molecule has 0 bridgehead atoms. The molecule has 0 aromatic carbocycles. The molecule has 0 unspecified atom stereocenters. The fourth-order valence-corrected chi connectivity index (χ4v) is 3.30. The van der Waals surface area contributed by atoms with Crippen LogP contribution >= 0.6 is 0 Å². The van der Waals surface area contributed by atoms with Gasteiger partial charge in [-0.3, -0.25) is 5.43 Å². The zero-order valence-corrected chi connectivity index (χ0v) is 11.6. The summed E-state index contributed by atoms with van der Waals surface area (Å²) in [6, 6.07) is 0. The summed E-state index contributed by atoms with van der Waals surface area (Å²) in [4.78, 5) is 9.88. The minimum absolute atomic E-state index is 0.0936. The molecule has 0 saturated carbocycles. The lowest BCUT2D eigenvalue weighted by atomic mass is 10.4. The van der Waals surface area contributed by atoms with Gasteiger partial charge in [-0.25, -0.2) is 24.2 Å². The Hall–Kier alpha value is -1.29. The predicted octanol–water partition coefficient (Wildman–Crippen LogP) is -0.912. The highest BCUT2D eigenvalue weighted by Gasteiger charge is 2.26. The number of hydrogen-bond donors (Lipinski definition) is 2. The fourth-order valence-electron chi connectivity index (χ4n) is 1.94. The van der Waals surface area contributed by atoms with Crippen molar-refractivity contribution in [1.29, 1.82) is 0 Å². The second kappa shape index (κ2) is 5.78. The Bertz CT molecular complexity index is 517. The molecule has 8 nitrogen and oxygen atoms in total. The van der Waals surface area contributed by atoms with Crippen molar-refractivity contribution in [2.24, 2.45) is 5.84 Å². The molecule has 1 aromatic heterocycles. The van der Waals surface area contributed by atoms with Crippen molar-refractivity contribution in [3.05, 3.63) is 12.4 Å². The van der Waals surface area contributed by atoms with Crippen LogP contribution in [0.2, 0.25) is 0 Å². The number of nitrogens with two attached hydrogens (primary N) is 1. The maximum atomic E-state index is 12.4.